The number of halogens is 2. The summed E-state index contributed by atoms with van der Waals surface area (Å²) in [5, 5.41) is -0.551. The lowest BCUT2D eigenvalue weighted by Gasteiger charge is -2.13. The average Bonchev–Trinajstić information content (AvgIpc) is 2.72. The number of nitrogens with zero attached hydrogens (tertiary/aromatic N) is 1. The van der Waals surface area contributed by atoms with Crippen molar-refractivity contribution < 1.29 is 4.39 Å². The maximum Gasteiger partial charge on any atom is 0.329 e. The predicted molar refractivity (Wildman–Crippen MR) is 73.8 cm³/mol. The van der Waals surface area contributed by atoms with Gasteiger partial charge >= 0.3 is 5.69 Å². The molecule has 1 unspecified atom stereocenters. The Morgan fingerprint density at radius 2 is 2.16 bits per heavy atom. The van der Waals surface area contributed by atoms with Gasteiger partial charge in [-0.2, -0.15) is 4.39 Å². The van der Waals surface area contributed by atoms with Crippen LogP contribution in [0.15, 0.2) is 21.7 Å². The lowest BCUT2D eigenvalue weighted by molar-refractivity contribution is 0.470. The van der Waals surface area contributed by atoms with Crippen molar-refractivity contribution in [2.45, 2.75) is 26.3 Å². The monoisotopic (exact) mass is 302 g/mol. The quantitative estimate of drug-likeness (QED) is 0.886. The van der Waals surface area contributed by atoms with Gasteiger partial charge in [0.2, 0.25) is 5.82 Å². The summed E-state index contributed by atoms with van der Waals surface area (Å²) in [5.74, 6) is -1.13. The maximum atomic E-state index is 13.4. The van der Waals surface area contributed by atoms with E-state index in [-0.39, 0.29) is 0 Å². The zero-order chi connectivity index (χ0) is 14.2. The molecule has 0 spiro atoms. The molecule has 0 aliphatic rings. The molecule has 2 heterocycles. The van der Waals surface area contributed by atoms with E-state index in [1.807, 2.05) is 19.1 Å². The average molecular weight is 303 g/mol. The zero-order valence-electron chi connectivity index (χ0n) is 10.4. The van der Waals surface area contributed by atoms with E-state index in [1.165, 1.54) is 0 Å². The van der Waals surface area contributed by atoms with Crippen LogP contribution in [0.4, 0.5) is 4.39 Å². The molecular formula is C12H12ClFN2O2S. The molecular weight excluding hydrogens is 291 g/mol. The lowest BCUT2D eigenvalue weighted by atomic mass is 10.2. The van der Waals surface area contributed by atoms with Crippen molar-refractivity contribution in [1.29, 1.82) is 0 Å². The molecule has 2 rings (SSSR count). The van der Waals surface area contributed by atoms with Gasteiger partial charge in [-0.05, 0) is 26.0 Å². The van der Waals surface area contributed by atoms with Gasteiger partial charge in [-0.3, -0.25) is 14.3 Å². The number of aromatic nitrogens is 2. The first kappa shape index (κ1) is 14.0. The van der Waals surface area contributed by atoms with E-state index in [2.05, 4.69) is 4.98 Å². The van der Waals surface area contributed by atoms with E-state index in [1.54, 1.807) is 18.3 Å². The van der Waals surface area contributed by atoms with E-state index in [0.717, 1.165) is 14.3 Å². The molecule has 0 aliphatic carbocycles. The smallest absolute Gasteiger partial charge is 0.295 e. The number of nitrogens with one attached hydrogen (secondary N) is 1. The second-order valence-electron chi connectivity index (χ2n) is 4.30. The molecule has 2 aromatic heterocycles. The SMILES string of the molecule is Cc1ccc(CC(C)n2c(=O)[nH]c(Cl)c(F)c2=O)s1. The molecule has 0 fully saturated rings. The highest BCUT2D eigenvalue weighted by molar-refractivity contribution is 7.11. The first-order valence-corrected chi connectivity index (χ1v) is 6.84. The highest BCUT2D eigenvalue weighted by Crippen LogP contribution is 2.20. The lowest BCUT2D eigenvalue weighted by Crippen LogP contribution is -2.39. The van der Waals surface area contributed by atoms with E-state index in [9.17, 15) is 14.0 Å². The van der Waals surface area contributed by atoms with Crippen LogP contribution in [-0.2, 0) is 6.42 Å². The van der Waals surface area contributed by atoms with E-state index >= 15 is 0 Å². The topological polar surface area (TPSA) is 54.9 Å². The Morgan fingerprint density at radius 1 is 1.47 bits per heavy atom. The Kier molecular flexibility index (Phi) is 3.91. The van der Waals surface area contributed by atoms with Crippen molar-refractivity contribution in [3.05, 3.63) is 53.7 Å². The molecule has 4 nitrogen and oxygen atoms in total. The molecule has 102 valence electrons. The van der Waals surface area contributed by atoms with E-state index < -0.39 is 28.3 Å². The van der Waals surface area contributed by atoms with Crippen LogP contribution in [0.3, 0.4) is 0 Å². The Balaban J connectivity index is 2.39. The van der Waals surface area contributed by atoms with Gasteiger partial charge in [-0.25, -0.2) is 4.79 Å². The Morgan fingerprint density at radius 3 is 2.74 bits per heavy atom. The third-order valence-corrected chi connectivity index (χ3v) is 4.05. The minimum Gasteiger partial charge on any atom is -0.295 e. The van der Waals surface area contributed by atoms with E-state index in [4.69, 9.17) is 11.6 Å². The molecule has 0 aromatic carbocycles. The normalized spacial score (nSPS) is 12.6. The molecule has 19 heavy (non-hydrogen) atoms. The van der Waals surface area contributed by atoms with Crippen LogP contribution in [-0.4, -0.2) is 9.55 Å². The van der Waals surface area contributed by atoms with E-state index in [0.29, 0.717) is 6.42 Å². The van der Waals surface area contributed by atoms with Crippen molar-refractivity contribution in [3.63, 3.8) is 0 Å². The molecule has 0 bridgehead atoms. The fraction of sp³-hybridized carbons (Fsp3) is 0.333. The summed E-state index contributed by atoms with van der Waals surface area (Å²) in [6.07, 6.45) is 0.489. The second kappa shape index (κ2) is 5.30. The fourth-order valence-corrected chi connectivity index (χ4v) is 3.05. The Labute approximate surface area is 117 Å². The standard InChI is InChI=1S/C12H12ClFN2O2S/c1-6(5-8-4-3-7(2)19-8)16-11(17)9(14)10(13)15-12(16)18/h3-4,6H,5H2,1-2H3,(H,15,18). The van der Waals surface area contributed by atoms with Crippen LogP contribution >= 0.6 is 22.9 Å². The highest BCUT2D eigenvalue weighted by atomic mass is 35.5. The Bertz CT molecular complexity index is 719. The first-order valence-electron chi connectivity index (χ1n) is 5.65. The van der Waals surface area contributed by atoms with Gasteiger partial charge in [0.25, 0.3) is 5.56 Å². The predicted octanol–water partition coefficient (Wildman–Crippen LogP) is 2.50. The van der Waals surface area contributed by atoms with Crippen molar-refractivity contribution in [2.75, 3.05) is 0 Å². The third kappa shape index (κ3) is 2.79. The number of hydrogen-bond acceptors (Lipinski definition) is 3. The molecule has 0 saturated carbocycles. The number of thiophene rings is 1. The molecule has 0 radical (unpaired) electrons. The summed E-state index contributed by atoms with van der Waals surface area (Å²) in [5.41, 5.74) is -1.69. The van der Waals surface area contributed by atoms with Gasteiger partial charge in [-0.15, -0.1) is 11.3 Å². The summed E-state index contributed by atoms with van der Waals surface area (Å²) < 4.78 is 14.3. The first-order chi connectivity index (χ1) is 8.90. The molecule has 1 N–H and O–H groups in total. The molecule has 0 saturated heterocycles. The van der Waals surface area contributed by atoms with Gasteiger partial charge in [0, 0.05) is 22.2 Å². The third-order valence-electron chi connectivity index (χ3n) is 2.77. The summed E-state index contributed by atoms with van der Waals surface area (Å²) in [4.78, 5) is 27.7. The summed E-state index contributed by atoms with van der Waals surface area (Å²) in [7, 11) is 0. The minimum absolute atomic E-state index is 0.443. The number of aromatic amines is 1. The molecule has 2 aromatic rings. The van der Waals surface area contributed by atoms with Gasteiger partial charge in [0.05, 0.1) is 0 Å². The van der Waals surface area contributed by atoms with Crippen LogP contribution in [0.1, 0.15) is 22.7 Å². The van der Waals surface area contributed by atoms with Gasteiger partial charge in [0.15, 0.2) is 5.15 Å². The summed E-state index contributed by atoms with van der Waals surface area (Å²) in [6, 6.07) is 3.45. The van der Waals surface area contributed by atoms with Crippen LogP contribution in [0.2, 0.25) is 5.15 Å². The van der Waals surface area contributed by atoms with Gasteiger partial charge < -0.3 is 0 Å². The van der Waals surface area contributed by atoms with Crippen LogP contribution in [0.5, 0.6) is 0 Å². The second-order valence-corrected chi connectivity index (χ2v) is 6.05. The number of rotatable bonds is 3. The largest absolute Gasteiger partial charge is 0.329 e. The van der Waals surface area contributed by atoms with Gasteiger partial charge in [0.1, 0.15) is 0 Å². The van der Waals surface area contributed by atoms with Gasteiger partial charge in [-0.1, -0.05) is 11.6 Å². The summed E-state index contributed by atoms with van der Waals surface area (Å²) in [6.45, 7) is 3.67. The molecule has 0 aliphatic heterocycles. The highest BCUT2D eigenvalue weighted by Gasteiger charge is 2.17. The zero-order valence-corrected chi connectivity index (χ0v) is 11.9. The van der Waals surface area contributed by atoms with Crippen molar-refractivity contribution >= 4 is 22.9 Å². The number of hydrogen-bond donors (Lipinski definition) is 1. The van der Waals surface area contributed by atoms with Crippen molar-refractivity contribution in [3.8, 4) is 0 Å². The molecule has 0 amide bonds. The maximum absolute atomic E-state index is 13.4. The van der Waals surface area contributed by atoms with Crippen LogP contribution < -0.4 is 11.2 Å². The van der Waals surface area contributed by atoms with Crippen LogP contribution in [0.25, 0.3) is 0 Å². The molecule has 7 heteroatoms. The van der Waals surface area contributed by atoms with Crippen molar-refractivity contribution in [1.82, 2.24) is 9.55 Å². The summed E-state index contributed by atoms with van der Waals surface area (Å²) >= 11 is 7.00. The van der Waals surface area contributed by atoms with Crippen LogP contribution in [0, 0.1) is 12.7 Å². The molecule has 1 atom stereocenters. The fourth-order valence-electron chi connectivity index (χ4n) is 1.88. The number of aryl methyl sites for hydroxylation is 1. The Hall–Kier alpha value is -1.40. The minimum atomic E-state index is -1.13. The van der Waals surface area contributed by atoms with Crippen molar-refractivity contribution in [2.24, 2.45) is 0 Å². The number of H-pyrrole nitrogens is 1.